The third-order valence-electron chi connectivity index (χ3n) is 1.31. The molecule has 2 N–H and O–H groups in total. The van der Waals surface area contributed by atoms with Crippen LogP contribution >= 0.6 is 15.9 Å². The second-order valence-corrected chi connectivity index (χ2v) is 3.19. The summed E-state index contributed by atoms with van der Waals surface area (Å²) in [5.74, 6) is -2.06. The minimum Gasteiger partial charge on any atom is -0.352 e. The molecule has 7 nitrogen and oxygen atoms in total. The molecule has 0 aliphatic rings. The van der Waals surface area contributed by atoms with Crippen LogP contribution in [-0.4, -0.2) is 35.3 Å². The molecule has 0 saturated heterocycles. The Labute approximate surface area is 82.1 Å². The molecule has 0 rings (SSSR count). The lowest BCUT2D eigenvalue weighted by molar-refractivity contribution is -0.505. The van der Waals surface area contributed by atoms with Gasteiger partial charge in [-0.05, 0) is 0 Å². The van der Waals surface area contributed by atoms with E-state index in [1.165, 1.54) is 14.1 Å². The Balaban J connectivity index is 5.06. The smallest absolute Gasteiger partial charge is 0.352 e. The van der Waals surface area contributed by atoms with E-state index in [0.29, 0.717) is 0 Å². The molecule has 0 aliphatic carbocycles. The zero-order valence-corrected chi connectivity index (χ0v) is 8.54. The Morgan fingerprint density at radius 1 is 1.31 bits per heavy atom. The number of amides is 2. The molecule has 0 saturated carbocycles. The number of halogens is 1. The van der Waals surface area contributed by atoms with E-state index in [1.54, 1.807) is 0 Å². The van der Waals surface area contributed by atoms with Crippen LogP contribution in [0.2, 0.25) is 0 Å². The van der Waals surface area contributed by atoms with Crippen LogP contribution in [0.5, 0.6) is 0 Å². The van der Waals surface area contributed by atoms with Crippen molar-refractivity contribution in [3.63, 3.8) is 0 Å². The van der Waals surface area contributed by atoms with E-state index in [9.17, 15) is 19.7 Å². The van der Waals surface area contributed by atoms with Crippen molar-refractivity contribution in [1.29, 1.82) is 0 Å². The van der Waals surface area contributed by atoms with Gasteiger partial charge in [0.15, 0.2) is 0 Å². The molecule has 74 valence electrons. The van der Waals surface area contributed by atoms with E-state index in [4.69, 9.17) is 0 Å². The summed E-state index contributed by atoms with van der Waals surface area (Å²) in [6, 6.07) is 0. The first-order valence-corrected chi connectivity index (χ1v) is 3.98. The molecule has 13 heavy (non-hydrogen) atoms. The summed E-state index contributed by atoms with van der Waals surface area (Å²) < 4.78 is -2.45. The fourth-order valence-corrected chi connectivity index (χ4v) is 0.997. The minimum atomic E-state index is -2.45. The molecule has 0 radical (unpaired) electrons. The summed E-state index contributed by atoms with van der Waals surface area (Å²) in [5, 5.41) is 14.5. The number of rotatable bonds is 3. The van der Waals surface area contributed by atoms with Gasteiger partial charge in [0.1, 0.15) is 0 Å². The molecule has 0 aromatic heterocycles. The Morgan fingerprint density at radius 2 is 1.62 bits per heavy atom. The topological polar surface area (TPSA) is 101 Å². The van der Waals surface area contributed by atoms with Crippen LogP contribution in [0.3, 0.4) is 0 Å². The van der Waals surface area contributed by atoms with Crippen molar-refractivity contribution in [2.75, 3.05) is 14.1 Å². The van der Waals surface area contributed by atoms with Gasteiger partial charge in [0.05, 0.1) is 4.92 Å². The number of carbonyl (C=O) groups excluding carboxylic acids is 2. The standard InChI is InChI=1S/C5H8BrN3O4/c1-7-3(10)5(6,9(12)13)4(11)8-2/h1-2H3,(H,7,10)(H,8,11). The van der Waals surface area contributed by atoms with E-state index in [-0.39, 0.29) is 0 Å². The fraction of sp³-hybridized carbons (Fsp3) is 0.600. The van der Waals surface area contributed by atoms with Crippen LogP contribution in [-0.2, 0) is 9.59 Å². The SMILES string of the molecule is CNC(=O)C(Br)(C(=O)NC)[N+](=O)[O-]. The molecule has 0 heterocycles. The maximum Gasteiger partial charge on any atom is 0.426 e. The highest BCUT2D eigenvalue weighted by Gasteiger charge is 2.55. The Bertz CT molecular complexity index is 238. The lowest BCUT2D eigenvalue weighted by Gasteiger charge is -2.14. The van der Waals surface area contributed by atoms with Crippen molar-refractivity contribution in [2.45, 2.75) is 4.45 Å². The van der Waals surface area contributed by atoms with Gasteiger partial charge in [-0.15, -0.1) is 0 Å². The predicted molar refractivity (Wildman–Crippen MR) is 46.8 cm³/mol. The summed E-state index contributed by atoms with van der Waals surface area (Å²) in [4.78, 5) is 31.5. The monoisotopic (exact) mass is 253 g/mol. The Morgan fingerprint density at radius 3 is 1.77 bits per heavy atom. The highest BCUT2D eigenvalue weighted by atomic mass is 79.9. The highest BCUT2D eigenvalue weighted by Crippen LogP contribution is 2.19. The van der Waals surface area contributed by atoms with Crippen molar-refractivity contribution >= 4 is 27.7 Å². The summed E-state index contributed by atoms with van der Waals surface area (Å²) in [6.45, 7) is 0. The third kappa shape index (κ3) is 1.94. The first-order chi connectivity index (χ1) is 5.91. The van der Waals surface area contributed by atoms with Gasteiger partial charge in [0.25, 0.3) is 0 Å². The van der Waals surface area contributed by atoms with Gasteiger partial charge in [-0.3, -0.25) is 19.7 Å². The summed E-state index contributed by atoms with van der Waals surface area (Å²) in [7, 11) is 2.40. The molecular weight excluding hydrogens is 246 g/mol. The van der Waals surface area contributed by atoms with Crippen molar-refractivity contribution in [1.82, 2.24) is 10.6 Å². The molecule has 0 aromatic carbocycles. The lowest BCUT2D eigenvalue weighted by Crippen LogP contribution is -2.56. The molecule has 0 fully saturated rings. The molecule has 0 unspecified atom stereocenters. The molecule has 0 atom stereocenters. The van der Waals surface area contributed by atoms with Crippen molar-refractivity contribution < 1.29 is 14.5 Å². The van der Waals surface area contributed by atoms with E-state index in [0.717, 1.165) is 0 Å². The van der Waals surface area contributed by atoms with E-state index >= 15 is 0 Å². The number of nitrogens with zero attached hydrogens (tertiary/aromatic N) is 1. The maximum absolute atomic E-state index is 11.0. The number of hydrogen-bond donors (Lipinski definition) is 2. The number of hydrogen-bond acceptors (Lipinski definition) is 4. The molecule has 0 bridgehead atoms. The molecule has 0 aliphatic heterocycles. The third-order valence-corrected chi connectivity index (χ3v) is 2.32. The first kappa shape index (κ1) is 11.8. The zero-order valence-electron chi connectivity index (χ0n) is 6.96. The second kappa shape index (κ2) is 4.17. The van der Waals surface area contributed by atoms with E-state index in [2.05, 4.69) is 15.9 Å². The molecule has 0 aromatic rings. The summed E-state index contributed by atoms with van der Waals surface area (Å²) in [5.41, 5.74) is 0. The van der Waals surface area contributed by atoms with E-state index in [1.807, 2.05) is 10.6 Å². The maximum atomic E-state index is 11.0. The predicted octanol–water partition coefficient (Wildman–Crippen LogP) is -1.15. The zero-order chi connectivity index (χ0) is 10.6. The molecule has 0 spiro atoms. The largest absolute Gasteiger partial charge is 0.426 e. The van der Waals surface area contributed by atoms with Crippen LogP contribution in [0.15, 0.2) is 0 Å². The van der Waals surface area contributed by atoms with Gasteiger partial charge in [0.2, 0.25) is 0 Å². The van der Waals surface area contributed by atoms with Crippen molar-refractivity contribution in [3.05, 3.63) is 10.1 Å². The van der Waals surface area contributed by atoms with Gasteiger partial charge >= 0.3 is 16.3 Å². The van der Waals surface area contributed by atoms with Gasteiger partial charge in [-0.1, -0.05) is 0 Å². The number of alkyl halides is 1. The average Bonchev–Trinajstić information content (AvgIpc) is 2.13. The van der Waals surface area contributed by atoms with Gasteiger partial charge < -0.3 is 10.6 Å². The van der Waals surface area contributed by atoms with Crippen LogP contribution in [0.4, 0.5) is 0 Å². The highest BCUT2D eigenvalue weighted by molar-refractivity contribution is 9.10. The second-order valence-electron chi connectivity index (χ2n) is 2.04. The van der Waals surface area contributed by atoms with Crippen LogP contribution in [0.25, 0.3) is 0 Å². The Hall–Kier alpha value is -1.18. The van der Waals surface area contributed by atoms with Crippen molar-refractivity contribution in [2.24, 2.45) is 0 Å². The quantitative estimate of drug-likeness (QED) is 0.218. The summed E-state index contributed by atoms with van der Waals surface area (Å²) in [6.07, 6.45) is 0. The summed E-state index contributed by atoms with van der Waals surface area (Å²) >= 11 is 2.48. The van der Waals surface area contributed by atoms with Gasteiger partial charge in [-0.2, -0.15) is 0 Å². The van der Waals surface area contributed by atoms with E-state index < -0.39 is 21.2 Å². The number of carbonyl (C=O) groups is 2. The van der Waals surface area contributed by atoms with Crippen LogP contribution in [0.1, 0.15) is 0 Å². The molecule has 8 heteroatoms. The van der Waals surface area contributed by atoms with Gasteiger partial charge in [-0.25, -0.2) is 0 Å². The Kier molecular flexibility index (Phi) is 3.79. The number of nitro groups is 1. The van der Waals surface area contributed by atoms with Crippen LogP contribution in [0, 0.1) is 10.1 Å². The lowest BCUT2D eigenvalue weighted by atomic mass is 10.2. The van der Waals surface area contributed by atoms with Crippen molar-refractivity contribution in [3.8, 4) is 0 Å². The van der Waals surface area contributed by atoms with Gasteiger partial charge in [0, 0.05) is 30.0 Å². The fourth-order valence-electron chi connectivity index (χ4n) is 0.600. The average molecular weight is 254 g/mol. The minimum absolute atomic E-state index is 1.01. The first-order valence-electron chi connectivity index (χ1n) is 3.19. The number of nitrogens with one attached hydrogen (secondary N) is 2. The number of likely N-dealkylation sites (N-methyl/N-ethyl adjacent to an activating group) is 2. The molecular formula is C5H8BrN3O4. The normalized spacial score (nSPS) is 10.4. The van der Waals surface area contributed by atoms with Crippen LogP contribution < -0.4 is 10.6 Å². The molecule has 2 amide bonds.